The Hall–Kier alpha value is -1.11. The second-order valence-corrected chi connectivity index (χ2v) is 3.05. The van der Waals surface area contributed by atoms with Crippen LogP contribution in [0.5, 0.6) is 0 Å². The summed E-state index contributed by atoms with van der Waals surface area (Å²) in [6, 6.07) is -0.600. The number of hydrazine groups is 1. The summed E-state index contributed by atoms with van der Waals surface area (Å²) in [4.78, 5) is 11.3. The quantitative estimate of drug-likeness (QED) is 0.414. The Morgan fingerprint density at radius 2 is 2.64 bits per heavy atom. The highest BCUT2D eigenvalue weighted by atomic mass is 35.5. The highest BCUT2D eigenvalue weighted by Gasteiger charge is 2.20. The van der Waals surface area contributed by atoms with Crippen LogP contribution in [0.1, 0.15) is 6.04 Å². The average Bonchev–Trinajstić information content (AvgIpc) is 2.60. The number of nitrogens with zero attached hydrogens (tertiary/aromatic N) is 2. The van der Waals surface area contributed by atoms with Gasteiger partial charge >= 0.3 is 0 Å². The van der Waals surface area contributed by atoms with Crippen molar-refractivity contribution in [1.29, 1.82) is 0 Å². The van der Waals surface area contributed by atoms with Gasteiger partial charge in [0.2, 0.25) is 0 Å². The first-order valence-corrected chi connectivity index (χ1v) is 4.26. The molecule has 1 aromatic rings. The molecule has 14 heavy (non-hydrogen) atoms. The van der Waals surface area contributed by atoms with E-state index in [-0.39, 0.29) is 12.5 Å². The third-order valence-electron chi connectivity index (χ3n) is 1.66. The van der Waals surface area contributed by atoms with Crippen LogP contribution in [-0.4, -0.2) is 29.4 Å². The number of carbonyl (C=O) groups is 1. The fourth-order valence-corrected chi connectivity index (χ4v) is 1.16. The largest absolute Gasteiger partial charge is 0.382 e. The molecule has 0 aliphatic heterocycles. The van der Waals surface area contributed by atoms with Crippen molar-refractivity contribution in [2.24, 2.45) is 5.84 Å². The minimum atomic E-state index is -0.600. The van der Waals surface area contributed by atoms with Crippen LogP contribution in [0.15, 0.2) is 12.4 Å². The lowest BCUT2D eigenvalue weighted by Crippen LogP contribution is -2.39. The first kappa shape index (κ1) is 11.0. The first-order chi connectivity index (χ1) is 6.69. The van der Waals surface area contributed by atoms with Gasteiger partial charge in [-0.2, -0.15) is 5.10 Å². The van der Waals surface area contributed by atoms with Crippen molar-refractivity contribution in [2.75, 3.05) is 13.7 Å². The van der Waals surface area contributed by atoms with Gasteiger partial charge in [-0.1, -0.05) is 11.6 Å². The van der Waals surface area contributed by atoms with Crippen molar-refractivity contribution in [2.45, 2.75) is 6.04 Å². The average molecular weight is 219 g/mol. The van der Waals surface area contributed by atoms with Gasteiger partial charge in [0.15, 0.2) is 6.04 Å². The fourth-order valence-electron chi connectivity index (χ4n) is 1.01. The topological polar surface area (TPSA) is 82.2 Å². The van der Waals surface area contributed by atoms with Crippen molar-refractivity contribution in [3.8, 4) is 0 Å². The molecule has 1 unspecified atom stereocenters. The highest BCUT2D eigenvalue weighted by molar-refractivity contribution is 6.30. The van der Waals surface area contributed by atoms with Gasteiger partial charge in [0.05, 0.1) is 17.8 Å². The molecule has 6 nitrogen and oxygen atoms in total. The summed E-state index contributed by atoms with van der Waals surface area (Å²) in [6.07, 6.45) is 2.97. The normalized spacial score (nSPS) is 12.5. The van der Waals surface area contributed by atoms with Gasteiger partial charge in [0.25, 0.3) is 5.91 Å². The monoisotopic (exact) mass is 218 g/mol. The maximum Gasteiger partial charge on any atom is 0.261 e. The lowest BCUT2D eigenvalue weighted by Gasteiger charge is -2.14. The molecule has 0 saturated carbocycles. The molecule has 1 amide bonds. The van der Waals surface area contributed by atoms with Crippen LogP contribution in [0.25, 0.3) is 0 Å². The van der Waals surface area contributed by atoms with Crippen LogP contribution < -0.4 is 11.3 Å². The van der Waals surface area contributed by atoms with E-state index in [0.29, 0.717) is 5.02 Å². The number of hydrogen-bond donors (Lipinski definition) is 2. The highest BCUT2D eigenvalue weighted by Crippen LogP contribution is 2.11. The van der Waals surface area contributed by atoms with Gasteiger partial charge in [-0.15, -0.1) is 0 Å². The molecule has 0 radical (unpaired) electrons. The van der Waals surface area contributed by atoms with E-state index in [2.05, 4.69) is 5.10 Å². The van der Waals surface area contributed by atoms with Crippen LogP contribution in [0, 0.1) is 0 Å². The molecule has 0 bridgehead atoms. The molecular weight excluding hydrogens is 208 g/mol. The summed E-state index contributed by atoms with van der Waals surface area (Å²) >= 11 is 5.67. The number of methoxy groups -OCH3 is 1. The van der Waals surface area contributed by atoms with E-state index in [1.807, 2.05) is 5.43 Å². The third-order valence-corrected chi connectivity index (χ3v) is 1.85. The minimum Gasteiger partial charge on any atom is -0.382 e. The molecular formula is C7H11ClN4O2. The Labute approximate surface area is 85.9 Å². The van der Waals surface area contributed by atoms with Crippen molar-refractivity contribution >= 4 is 17.5 Å². The van der Waals surface area contributed by atoms with E-state index in [4.69, 9.17) is 22.2 Å². The summed E-state index contributed by atoms with van der Waals surface area (Å²) in [5.74, 6) is 4.64. The number of halogens is 1. The Bertz CT molecular complexity index is 314. The van der Waals surface area contributed by atoms with Crippen LogP contribution >= 0.6 is 11.6 Å². The van der Waals surface area contributed by atoms with Gasteiger partial charge in [-0.25, -0.2) is 5.84 Å². The summed E-state index contributed by atoms with van der Waals surface area (Å²) in [7, 11) is 1.49. The Morgan fingerprint density at radius 3 is 3.07 bits per heavy atom. The molecule has 1 atom stereocenters. The summed E-state index contributed by atoms with van der Waals surface area (Å²) < 4.78 is 6.27. The lowest BCUT2D eigenvalue weighted by molar-refractivity contribution is -0.126. The van der Waals surface area contributed by atoms with Crippen molar-refractivity contribution in [3.05, 3.63) is 17.4 Å². The number of nitrogens with one attached hydrogen (secondary N) is 1. The fraction of sp³-hybridized carbons (Fsp3) is 0.429. The van der Waals surface area contributed by atoms with Gasteiger partial charge in [-0.3, -0.25) is 14.9 Å². The summed E-state index contributed by atoms with van der Waals surface area (Å²) in [6.45, 7) is 0.182. The zero-order valence-corrected chi connectivity index (χ0v) is 8.36. The van der Waals surface area contributed by atoms with E-state index in [1.54, 1.807) is 0 Å². The van der Waals surface area contributed by atoms with Crippen LogP contribution in [0.2, 0.25) is 5.02 Å². The van der Waals surface area contributed by atoms with Crippen molar-refractivity contribution in [1.82, 2.24) is 15.2 Å². The van der Waals surface area contributed by atoms with Gasteiger partial charge in [0, 0.05) is 13.3 Å². The Morgan fingerprint density at radius 1 is 1.93 bits per heavy atom. The molecule has 0 aliphatic rings. The Kier molecular flexibility index (Phi) is 3.87. The van der Waals surface area contributed by atoms with E-state index in [1.165, 1.54) is 24.2 Å². The molecule has 0 aromatic carbocycles. The lowest BCUT2D eigenvalue weighted by atomic mass is 10.3. The van der Waals surface area contributed by atoms with Crippen LogP contribution in [0.3, 0.4) is 0 Å². The second-order valence-electron chi connectivity index (χ2n) is 2.62. The van der Waals surface area contributed by atoms with Crippen LogP contribution in [0.4, 0.5) is 0 Å². The SMILES string of the molecule is COCC(C(=O)NN)n1cc(Cl)cn1. The van der Waals surface area contributed by atoms with Crippen molar-refractivity contribution < 1.29 is 9.53 Å². The number of aromatic nitrogens is 2. The predicted molar refractivity (Wildman–Crippen MR) is 50.5 cm³/mol. The zero-order chi connectivity index (χ0) is 10.6. The molecule has 1 aromatic heterocycles. The molecule has 0 aliphatic carbocycles. The molecule has 3 N–H and O–H groups in total. The van der Waals surface area contributed by atoms with Crippen LogP contribution in [-0.2, 0) is 9.53 Å². The van der Waals surface area contributed by atoms with E-state index in [9.17, 15) is 4.79 Å². The minimum absolute atomic E-state index is 0.182. The number of amides is 1. The number of carbonyl (C=O) groups excluding carboxylic acids is 1. The zero-order valence-electron chi connectivity index (χ0n) is 7.61. The molecule has 7 heteroatoms. The number of hydrogen-bond acceptors (Lipinski definition) is 4. The van der Waals surface area contributed by atoms with E-state index < -0.39 is 6.04 Å². The maximum absolute atomic E-state index is 11.3. The molecule has 0 spiro atoms. The van der Waals surface area contributed by atoms with E-state index >= 15 is 0 Å². The summed E-state index contributed by atoms with van der Waals surface area (Å²) in [5.41, 5.74) is 2.03. The molecule has 78 valence electrons. The number of ether oxygens (including phenoxy) is 1. The second kappa shape index (κ2) is 4.94. The number of rotatable bonds is 4. The maximum atomic E-state index is 11.3. The summed E-state index contributed by atoms with van der Waals surface area (Å²) in [5, 5.41) is 4.35. The predicted octanol–water partition coefficient (Wildman–Crippen LogP) is -0.286. The standard InChI is InChI=1S/C7H11ClN4O2/c1-14-4-6(7(13)11-9)12-3-5(8)2-10-12/h2-3,6H,4,9H2,1H3,(H,11,13). The number of nitrogens with two attached hydrogens (primary N) is 1. The first-order valence-electron chi connectivity index (χ1n) is 3.88. The van der Waals surface area contributed by atoms with Gasteiger partial charge < -0.3 is 4.74 Å². The molecule has 1 rings (SSSR count). The smallest absolute Gasteiger partial charge is 0.261 e. The van der Waals surface area contributed by atoms with E-state index in [0.717, 1.165) is 0 Å². The molecule has 0 saturated heterocycles. The molecule has 1 heterocycles. The Balaban J connectivity index is 2.82. The van der Waals surface area contributed by atoms with Gasteiger partial charge in [-0.05, 0) is 0 Å². The van der Waals surface area contributed by atoms with Crippen molar-refractivity contribution in [3.63, 3.8) is 0 Å². The van der Waals surface area contributed by atoms with Gasteiger partial charge in [0.1, 0.15) is 0 Å². The third kappa shape index (κ3) is 2.44. The molecule has 0 fully saturated rings.